The van der Waals surface area contributed by atoms with Gasteiger partial charge in [0.1, 0.15) is 5.82 Å². The Bertz CT molecular complexity index is 1140. The SMILES string of the molecule is COC(=O)[C@H](c1ccc(F)cc1Cl)[C@H]1C=C[C@H](NC(=O)C(c2ccccc2)c2ccccc2)C1. The number of amides is 1. The molecule has 3 aromatic carbocycles. The molecule has 34 heavy (non-hydrogen) atoms. The van der Waals surface area contributed by atoms with Crippen LogP contribution >= 0.6 is 11.6 Å². The Balaban J connectivity index is 1.53. The fraction of sp³-hybridized carbons (Fsp3) is 0.214. The van der Waals surface area contributed by atoms with Crippen molar-refractivity contribution in [2.75, 3.05) is 7.11 Å². The Hall–Kier alpha value is -3.44. The average Bonchev–Trinajstić information content (AvgIpc) is 3.29. The van der Waals surface area contributed by atoms with Gasteiger partial charge in [0.05, 0.1) is 18.9 Å². The summed E-state index contributed by atoms with van der Waals surface area (Å²) in [4.78, 5) is 26.1. The Morgan fingerprint density at radius 1 is 0.971 bits per heavy atom. The van der Waals surface area contributed by atoms with Crippen LogP contribution in [0.1, 0.15) is 34.9 Å². The van der Waals surface area contributed by atoms with Gasteiger partial charge in [0, 0.05) is 11.1 Å². The van der Waals surface area contributed by atoms with Crippen molar-refractivity contribution in [3.63, 3.8) is 0 Å². The number of nitrogens with one attached hydrogen (secondary N) is 1. The minimum Gasteiger partial charge on any atom is -0.469 e. The van der Waals surface area contributed by atoms with E-state index in [-0.39, 0.29) is 22.9 Å². The number of carbonyl (C=O) groups is 2. The lowest BCUT2D eigenvalue weighted by Crippen LogP contribution is -2.37. The van der Waals surface area contributed by atoms with Crippen molar-refractivity contribution in [1.82, 2.24) is 5.32 Å². The molecule has 0 saturated carbocycles. The molecule has 0 heterocycles. The van der Waals surface area contributed by atoms with Crippen LogP contribution in [0.5, 0.6) is 0 Å². The fourth-order valence-electron chi connectivity index (χ4n) is 4.55. The number of rotatable bonds is 7. The van der Waals surface area contributed by atoms with E-state index < -0.39 is 23.6 Å². The van der Waals surface area contributed by atoms with E-state index in [9.17, 15) is 14.0 Å². The van der Waals surface area contributed by atoms with Crippen molar-refractivity contribution in [3.8, 4) is 0 Å². The largest absolute Gasteiger partial charge is 0.469 e. The summed E-state index contributed by atoms with van der Waals surface area (Å²) in [7, 11) is 1.31. The first kappa shape index (κ1) is 23.7. The zero-order valence-corrected chi connectivity index (χ0v) is 19.4. The first-order valence-electron chi connectivity index (χ1n) is 11.1. The molecule has 6 heteroatoms. The molecule has 0 radical (unpaired) electrons. The highest BCUT2D eigenvalue weighted by Crippen LogP contribution is 2.38. The second-order valence-electron chi connectivity index (χ2n) is 8.32. The molecule has 1 aliphatic rings. The van der Waals surface area contributed by atoms with E-state index in [1.807, 2.05) is 72.8 Å². The molecular weight excluding hydrogens is 453 g/mol. The standard InChI is InChI=1S/C28H25ClFNO3/c1-34-28(33)26(23-15-13-21(30)17-24(23)29)20-12-14-22(16-20)31-27(32)25(18-8-4-2-5-9-18)19-10-6-3-7-11-19/h2-15,17,20,22,25-26H,16H2,1H3,(H,31,32)/t20-,22-,26-/m0/s1. The van der Waals surface area contributed by atoms with Crippen LogP contribution in [0.3, 0.4) is 0 Å². The second-order valence-corrected chi connectivity index (χ2v) is 8.73. The Kier molecular flexibility index (Phi) is 7.43. The zero-order chi connectivity index (χ0) is 24.1. The summed E-state index contributed by atoms with van der Waals surface area (Å²) in [5, 5.41) is 3.29. The molecule has 174 valence electrons. The number of ether oxygens (including phenoxy) is 1. The molecule has 0 unspecified atom stereocenters. The molecule has 4 rings (SSSR count). The number of benzene rings is 3. The predicted molar refractivity (Wildman–Crippen MR) is 130 cm³/mol. The lowest BCUT2D eigenvalue weighted by Gasteiger charge is -2.24. The van der Waals surface area contributed by atoms with Gasteiger partial charge in [0.2, 0.25) is 5.91 Å². The molecule has 0 saturated heterocycles. The van der Waals surface area contributed by atoms with Crippen LogP contribution in [0.4, 0.5) is 4.39 Å². The molecule has 1 aliphatic carbocycles. The highest BCUT2D eigenvalue weighted by molar-refractivity contribution is 6.31. The molecule has 0 spiro atoms. The van der Waals surface area contributed by atoms with E-state index in [4.69, 9.17) is 16.3 Å². The summed E-state index contributed by atoms with van der Waals surface area (Å²) >= 11 is 6.26. The lowest BCUT2D eigenvalue weighted by atomic mass is 9.85. The molecule has 4 nitrogen and oxygen atoms in total. The number of allylic oxidation sites excluding steroid dienone is 1. The van der Waals surface area contributed by atoms with Gasteiger partial charge in [0.15, 0.2) is 0 Å². The highest BCUT2D eigenvalue weighted by Gasteiger charge is 2.36. The minimum atomic E-state index is -0.699. The highest BCUT2D eigenvalue weighted by atomic mass is 35.5. The lowest BCUT2D eigenvalue weighted by molar-refractivity contribution is -0.143. The van der Waals surface area contributed by atoms with Gasteiger partial charge in [-0.15, -0.1) is 0 Å². The summed E-state index contributed by atoms with van der Waals surface area (Å²) < 4.78 is 18.6. The van der Waals surface area contributed by atoms with Crippen LogP contribution < -0.4 is 5.32 Å². The van der Waals surface area contributed by atoms with Gasteiger partial charge in [-0.2, -0.15) is 0 Å². The Morgan fingerprint density at radius 2 is 1.59 bits per heavy atom. The average molecular weight is 478 g/mol. The third kappa shape index (κ3) is 5.20. The molecule has 1 N–H and O–H groups in total. The van der Waals surface area contributed by atoms with E-state index in [1.54, 1.807) is 0 Å². The zero-order valence-electron chi connectivity index (χ0n) is 18.7. The Morgan fingerprint density at radius 3 is 2.15 bits per heavy atom. The number of hydrogen-bond acceptors (Lipinski definition) is 3. The maximum atomic E-state index is 13.6. The second kappa shape index (κ2) is 10.7. The molecular formula is C28H25ClFNO3. The third-order valence-electron chi connectivity index (χ3n) is 6.15. The van der Waals surface area contributed by atoms with E-state index in [1.165, 1.54) is 25.3 Å². The predicted octanol–water partition coefficient (Wildman–Crippen LogP) is 5.63. The number of esters is 1. The molecule has 0 aromatic heterocycles. The van der Waals surface area contributed by atoms with Crippen LogP contribution in [0.15, 0.2) is 91.0 Å². The number of methoxy groups -OCH3 is 1. The molecule has 0 fully saturated rings. The van der Waals surface area contributed by atoms with Crippen molar-refractivity contribution in [1.29, 1.82) is 0 Å². The first-order chi connectivity index (χ1) is 16.5. The summed E-state index contributed by atoms with van der Waals surface area (Å²) in [6.45, 7) is 0. The van der Waals surface area contributed by atoms with Gasteiger partial charge >= 0.3 is 5.97 Å². The van der Waals surface area contributed by atoms with Crippen LogP contribution in [0, 0.1) is 11.7 Å². The van der Waals surface area contributed by atoms with Gasteiger partial charge < -0.3 is 10.1 Å². The van der Waals surface area contributed by atoms with Gasteiger partial charge in [-0.05, 0) is 41.2 Å². The maximum Gasteiger partial charge on any atom is 0.313 e. The first-order valence-corrected chi connectivity index (χ1v) is 11.5. The summed E-state index contributed by atoms with van der Waals surface area (Å²) in [5.74, 6) is -2.47. The molecule has 0 bridgehead atoms. The number of carbonyl (C=O) groups excluding carboxylic acids is 2. The molecule has 0 aliphatic heterocycles. The van der Waals surface area contributed by atoms with Crippen LogP contribution in [-0.4, -0.2) is 25.0 Å². The topological polar surface area (TPSA) is 55.4 Å². The van der Waals surface area contributed by atoms with Gasteiger partial charge in [-0.1, -0.05) is 90.5 Å². The summed E-state index contributed by atoms with van der Waals surface area (Å²) in [5.41, 5.74) is 2.30. The molecule has 3 atom stereocenters. The van der Waals surface area contributed by atoms with Crippen molar-refractivity contribution in [2.45, 2.75) is 24.3 Å². The van der Waals surface area contributed by atoms with E-state index in [0.717, 1.165) is 11.1 Å². The monoisotopic (exact) mass is 477 g/mol. The van der Waals surface area contributed by atoms with Crippen LogP contribution in [-0.2, 0) is 14.3 Å². The smallest absolute Gasteiger partial charge is 0.313 e. The molecule has 3 aromatic rings. The van der Waals surface area contributed by atoms with Crippen molar-refractivity contribution in [3.05, 3.63) is 119 Å². The van der Waals surface area contributed by atoms with E-state index in [0.29, 0.717) is 12.0 Å². The summed E-state index contributed by atoms with van der Waals surface area (Å²) in [6, 6.07) is 23.0. The molecule has 1 amide bonds. The Labute approximate surface area is 203 Å². The quantitative estimate of drug-likeness (QED) is 0.354. The van der Waals surface area contributed by atoms with Gasteiger partial charge in [-0.25, -0.2) is 4.39 Å². The van der Waals surface area contributed by atoms with Gasteiger partial charge in [0.25, 0.3) is 0 Å². The van der Waals surface area contributed by atoms with E-state index >= 15 is 0 Å². The number of halogens is 2. The van der Waals surface area contributed by atoms with E-state index in [2.05, 4.69) is 5.32 Å². The summed E-state index contributed by atoms with van der Waals surface area (Å²) in [6.07, 6.45) is 4.28. The van der Waals surface area contributed by atoms with Crippen molar-refractivity contribution < 1.29 is 18.7 Å². The minimum absolute atomic E-state index is 0.123. The van der Waals surface area contributed by atoms with Crippen molar-refractivity contribution >= 4 is 23.5 Å². The third-order valence-corrected chi connectivity index (χ3v) is 6.48. The van der Waals surface area contributed by atoms with Crippen molar-refractivity contribution in [2.24, 2.45) is 5.92 Å². The van der Waals surface area contributed by atoms with Crippen LogP contribution in [0.25, 0.3) is 0 Å². The number of hydrogen-bond donors (Lipinski definition) is 1. The normalized spacial score (nSPS) is 18.0. The fourth-order valence-corrected chi connectivity index (χ4v) is 4.83. The maximum absolute atomic E-state index is 13.6. The van der Waals surface area contributed by atoms with Crippen LogP contribution in [0.2, 0.25) is 5.02 Å². The van der Waals surface area contributed by atoms with Gasteiger partial charge in [-0.3, -0.25) is 9.59 Å².